The summed E-state index contributed by atoms with van der Waals surface area (Å²) in [6.45, 7) is 2.84. The number of sulfonamides is 1. The number of hydrogen-bond donors (Lipinski definition) is 3. The molecule has 0 bridgehead atoms. The summed E-state index contributed by atoms with van der Waals surface area (Å²) in [4.78, 5) is 0.271. The standard InChI is InChI=1S/C15H24N2O3S/c1-11(17-10-13-4-3-5-15(13)18)12-6-8-14(9-7-12)21(19,20)16-2/h6-9,11,13,15-18H,3-5,10H2,1-2H3. The van der Waals surface area contributed by atoms with Crippen molar-refractivity contribution in [3.8, 4) is 0 Å². The minimum absolute atomic E-state index is 0.129. The molecule has 118 valence electrons. The monoisotopic (exact) mass is 312 g/mol. The van der Waals surface area contributed by atoms with E-state index in [9.17, 15) is 13.5 Å². The Kier molecular flexibility index (Phi) is 5.37. The first-order valence-corrected chi connectivity index (χ1v) is 8.87. The first kappa shape index (κ1) is 16.4. The van der Waals surface area contributed by atoms with E-state index in [-0.39, 0.29) is 17.0 Å². The average Bonchev–Trinajstić information content (AvgIpc) is 2.90. The van der Waals surface area contributed by atoms with Gasteiger partial charge in [-0.15, -0.1) is 0 Å². The Morgan fingerprint density at radius 1 is 1.29 bits per heavy atom. The van der Waals surface area contributed by atoms with Gasteiger partial charge >= 0.3 is 0 Å². The molecule has 6 heteroatoms. The van der Waals surface area contributed by atoms with Crippen LogP contribution in [0.3, 0.4) is 0 Å². The maximum Gasteiger partial charge on any atom is 0.240 e. The smallest absolute Gasteiger partial charge is 0.240 e. The molecule has 0 heterocycles. The first-order valence-electron chi connectivity index (χ1n) is 7.39. The number of hydrogen-bond acceptors (Lipinski definition) is 4. The number of aliphatic hydroxyl groups is 1. The summed E-state index contributed by atoms with van der Waals surface area (Å²) < 4.78 is 25.6. The van der Waals surface area contributed by atoms with Crippen molar-refractivity contribution in [3.63, 3.8) is 0 Å². The molecule has 0 amide bonds. The van der Waals surface area contributed by atoms with Gasteiger partial charge < -0.3 is 10.4 Å². The fraction of sp³-hybridized carbons (Fsp3) is 0.600. The molecule has 1 aromatic carbocycles. The Hall–Kier alpha value is -0.950. The van der Waals surface area contributed by atoms with Crippen LogP contribution in [0, 0.1) is 5.92 Å². The van der Waals surface area contributed by atoms with E-state index in [4.69, 9.17) is 0 Å². The molecule has 1 aliphatic carbocycles. The fourth-order valence-electron chi connectivity index (χ4n) is 2.75. The topological polar surface area (TPSA) is 78.4 Å². The van der Waals surface area contributed by atoms with Crippen LogP contribution in [0.2, 0.25) is 0 Å². The molecular weight excluding hydrogens is 288 g/mol. The van der Waals surface area contributed by atoms with Crippen molar-refractivity contribution in [1.82, 2.24) is 10.0 Å². The van der Waals surface area contributed by atoms with Crippen LogP contribution in [-0.4, -0.2) is 33.2 Å². The highest BCUT2D eigenvalue weighted by atomic mass is 32.2. The van der Waals surface area contributed by atoms with Crippen LogP contribution in [0.4, 0.5) is 0 Å². The third-order valence-corrected chi connectivity index (χ3v) is 5.69. The van der Waals surface area contributed by atoms with Gasteiger partial charge in [-0.3, -0.25) is 0 Å². The molecule has 1 aromatic rings. The van der Waals surface area contributed by atoms with E-state index in [1.54, 1.807) is 12.1 Å². The van der Waals surface area contributed by atoms with Crippen molar-refractivity contribution in [2.75, 3.05) is 13.6 Å². The van der Waals surface area contributed by atoms with Crippen LogP contribution in [0.5, 0.6) is 0 Å². The molecule has 0 aromatic heterocycles. The van der Waals surface area contributed by atoms with Crippen molar-refractivity contribution in [3.05, 3.63) is 29.8 Å². The van der Waals surface area contributed by atoms with Crippen molar-refractivity contribution >= 4 is 10.0 Å². The van der Waals surface area contributed by atoms with Crippen LogP contribution < -0.4 is 10.0 Å². The number of nitrogens with one attached hydrogen (secondary N) is 2. The number of aliphatic hydroxyl groups excluding tert-OH is 1. The molecule has 5 nitrogen and oxygen atoms in total. The molecule has 21 heavy (non-hydrogen) atoms. The highest BCUT2D eigenvalue weighted by molar-refractivity contribution is 7.89. The van der Waals surface area contributed by atoms with Gasteiger partial charge in [-0.2, -0.15) is 0 Å². The summed E-state index contributed by atoms with van der Waals surface area (Å²) in [5.74, 6) is 0.330. The van der Waals surface area contributed by atoms with E-state index >= 15 is 0 Å². The average molecular weight is 312 g/mol. The summed E-state index contributed by atoms with van der Waals surface area (Å²) in [6.07, 6.45) is 2.88. The zero-order valence-electron chi connectivity index (χ0n) is 12.5. The molecule has 3 atom stereocenters. The highest BCUT2D eigenvalue weighted by Crippen LogP contribution is 2.25. The molecule has 2 rings (SSSR count). The minimum Gasteiger partial charge on any atom is -0.393 e. The lowest BCUT2D eigenvalue weighted by atomic mass is 10.0. The summed E-state index contributed by atoms with van der Waals surface area (Å²) in [7, 11) is -1.97. The second-order valence-electron chi connectivity index (χ2n) is 5.66. The maximum atomic E-state index is 11.7. The molecule has 0 saturated heterocycles. The van der Waals surface area contributed by atoms with Gasteiger partial charge in [0.05, 0.1) is 11.0 Å². The number of rotatable bonds is 6. The molecule has 3 unspecified atom stereocenters. The predicted octanol–water partition coefficient (Wildman–Crippen LogP) is 1.41. The zero-order valence-corrected chi connectivity index (χ0v) is 13.4. The van der Waals surface area contributed by atoms with Gasteiger partial charge in [0.2, 0.25) is 10.0 Å². The van der Waals surface area contributed by atoms with Crippen molar-refractivity contribution in [2.45, 2.75) is 43.2 Å². The van der Waals surface area contributed by atoms with Gasteiger partial charge in [-0.05, 0) is 50.4 Å². The molecule has 1 fully saturated rings. The Bertz CT molecular complexity index is 557. The molecule has 0 radical (unpaired) electrons. The lowest BCUT2D eigenvalue weighted by Crippen LogP contribution is -2.29. The van der Waals surface area contributed by atoms with Gasteiger partial charge in [0, 0.05) is 12.6 Å². The van der Waals surface area contributed by atoms with Gasteiger partial charge in [-0.1, -0.05) is 18.6 Å². The predicted molar refractivity (Wildman–Crippen MR) is 82.5 cm³/mol. The first-order chi connectivity index (χ1) is 9.94. The highest BCUT2D eigenvalue weighted by Gasteiger charge is 2.25. The van der Waals surface area contributed by atoms with Crippen LogP contribution >= 0.6 is 0 Å². The van der Waals surface area contributed by atoms with Gasteiger partial charge in [0.25, 0.3) is 0 Å². The second kappa shape index (κ2) is 6.87. The molecule has 1 saturated carbocycles. The van der Waals surface area contributed by atoms with E-state index in [1.165, 1.54) is 7.05 Å². The normalized spacial score (nSPS) is 24.1. The van der Waals surface area contributed by atoms with E-state index in [0.717, 1.165) is 31.4 Å². The van der Waals surface area contributed by atoms with Crippen molar-refractivity contribution in [2.24, 2.45) is 5.92 Å². The summed E-state index contributed by atoms with van der Waals surface area (Å²) in [6, 6.07) is 7.01. The largest absolute Gasteiger partial charge is 0.393 e. The van der Waals surface area contributed by atoms with Gasteiger partial charge in [0.1, 0.15) is 0 Å². The van der Waals surface area contributed by atoms with Crippen LogP contribution in [0.1, 0.15) is 37.8 Å². The molecular formula is C15H24N2O3S. The van der Waals surface area contributed by atoms with E-state index in [0.29, 0.717) is 5.92 Å². The van der Waals surface area contributed by atoms with Crippen molar-refractivity contribution < 1.29 is 13.5 Å². The van der Waals surface area contributed by atoms with Crippen molar-refractivity contribution in [1.29, 1.82) is 0 Å². The van der Waals surface area contributed by atoms with Crippen LogP contribution in [0.25, 0.3) is 0 Å². The van der Waals surface area contributed by atoms with E-state index < -0.39 is 10.0 Å². The lowest BCUT2D eigenvalue weighted by molar-refractivity contribution is 0.130. The van der Waals surface area contributed by atoms with Crippen LogP contribution in [0.15, 0.2) is 29.2 Å². The molecule has 3 N–H and O–H groups in total. The van der Waals surface area contributed by atoms with E-state index in [1.807, 2.05) is 19.1 Å². The lowest BCUT2D eigenvalue weighted by Gasteiger charge is -2.20. The minimum atomic E-state index is -3.38. The quantitative estimate of drug-likeness (QED) is 0.742. The zero-order chi connectivity index (χ0) is 15.5. The summed E-state index contributed by atoms with van der Waals surface area (Å²) >= 11 is 0. The molecule has 0 aliphatic heterocycles. The Labute approximate surface area is 126 Å². The Morgan fingerprint density at radius 3 is 2.48 bits per heavy atom. The van der Waals surface area contributed by atoms with E-state index in [2.05, 4.69) is 10.0 Å². The summed E-state index contributed by atoms with van der Waals surface area (Å²) in [5, 5.41) is 13.2. The maximum absolute atomic E-state index is 11.7. The fourth-order valence-corrected chi connectivity index (χ4v) is 3.48. The summed E-state index contributed by atoms with van der Waals surface area (Å²) in [5.41, 5.74) is 1.04. The Morgan fingerprint density at radius 2 is 1.95 bits per heavy atom. The van der Waals surface area contributed by atoms with Gasteiger partial charge in [-0.25, -0.2) is 13.1 Å². The Balaban J connectivity index is 1.95. The second-order valence-corrected chi connectivity index (χ2v) is 7.55. The van der Waals surface area contributed by atoms with Crippen LogP contribution in [-0.2, 0) is 10.0 Å². The molecule has 1 aliphatic rings. The SMILES string of the molecule is CNS(=O)(=O)c1ccc(C(C)NCC2CCCC2O)cc1. The molecule has 0 spiro atoms. The van der Waals surface area contributed by atoms with Gasteiger partial charge in [0.15, 0.2) is 0 Å². The third-order valence-electron chi connectivity index (χ3n) is 4.26. The third kappa shape index (κ3) is 4.03. The number of benzene rings is 1.